The Kier molecular flexibility index (Phi) is 9.22. The highest BCUT2D eigenvalue weighted by Crippen LogP contribution is 2.57. The van der Waals surface area contributed by atoms with Gasteiger partial charge in [-0.1, -0.05) is 226 Å². The average molecular weight is 904 g/mol. The van der Waals surface area contributed by atoms with Gasteiger partial charge >= 0.3 is 0 Å². The molecule has 2 aliphatic rings. The van der Waals surface area contributed by atoms with Crippen molar-refractivity contribution in [3.8, 4) is 44.5 Å². The molecule has 334 valence electrons. The third-order valence-electron chi connectivity index (χ3n) is 15.9. The van der Waals surface area contributed by atoms with Crippen molar-refractivity contribution < 1.29 is 0 Å². The summed E-state index contributed by atoms with van der Waals surface area (Å²) in [6, 6.07) is 97.3. The molecule has 14 rings (SSSR count). The monoisotopic (exact) mass is 903 g/mol. The lowest BCUT2D eigenvalue weighted by Crippen LogP contribution is -2.28. The van der Waals surface area contributed by atoms with Crippen molar-refractivity contribution in [3.05, 3.63) is 294 Å². The van der Waals surface area contributed by atoms with Crippen LogP contribution in [0.25, 0.3) is 76.8 Å². The van der Waals surface area contributed by atoms with Crippen LogP contribution in [0.1, 0.15) is 47.2 Å². The molecule has 0 heterocycles. The highest BCUT2D eigenvalue weighted by Gasteiger charge is 2.46. The smallest absolute Gasteiger partial charge is 0.0714 e. The van der Waals surface area contributed by atoms with Crippen LogP contribution in [-0.2, 0) is 10.8 Å². The molecule has 0 aliphatic heterocycles. The van der Waals surface area contributed by atoms with E-state index in [1.807, 2.05) is 0 Å². The van der Waals surface area contributed by atoms with Crippen LogP contribution in [-0.4, -0.2) is 0 Å². The molecule has 0 amide bonds. The molecule has 1 nitrogen and oxygen atoms in total. The maximum Gasteiger partial charge on any atom is 0.0714 e. The van der Waals surface area contributed by atoms with Crippen LogP contribution >= 0.6 is 0 Å². The van der Waals surface area contributed by atoms with Gasteiger partial charge in [0.1, 0.15) is 0 Å². The summed E-state index contributed by atoms with van der Waals surface area (Å²) < 4.78 is 0. The molecule has 0 aromatic heterocycles. The molecule has 12 aromatic carbocycles. The van der Waals surface area contributed by atoms with Crippen LogP contribution in [0.4, 0.5) is 17.1 Å². The standard InChI is InChI=1S/C70H49N/c1-69(2)65-27-15-13-25-60(65)62-41-34-49(44-67(62)69)47-31-37-53(38-32-47)71(52-35-29-46(30-36-52)48-33-40-59-57-23-10-9-21-55(57)56-22-11-12-24-58(56)64(59)43-48)54-39-42-63-61-26-14-16-28-66(61)70(68(63)45-54,50-17-5-3-6-18-50)51-19-7-4-8-20-51/h3-45H,1-2H3. The van der Waals surface area contributed by atoms with Gasteiger partial charge in [0.05, 0.1) is 5.41 Å². The zero-order chi connectivity index (χ0) is 47.3. The summed E-state index contributed by atoms with van der Waals surface area (Å²) in [5, 5.41) is 7.71. The first-order chi connectivity index (χ1) is 35.0. The number of rotatable bonds is 7. The van der Waals surface area contributed by atoms with Crippen LogP contribution < -0.4 is 4.90 Å². The molecular formula is C70H49N. The van der Waals surface area contributed by atoms with E-state index in [1.165, 1.54) is 110 Å². The molecule has 0 saturated carbocycles. The fourth-order valence-corrected chi connectivity index (χ4v) is 12.6. The van der Waals surface area contributed by atoms with Crippen molar-refractivity contribution in [1.29, 1.82) is 0 Å². The summed E-state index contributed by atoms with van der Waals surface area (Å²) in [6.45, 7) is 4.72. The summed E-state index contributed by atoms with van der Waals surface area (Å²) in [6.07, 6.45) is 0. The van der Waals surface area contributed by atoms with Gasteiger partial charge in [-0.25, -0.2) is 0 Å². The second kappa shape index (κ2) is 15.9. The molecular weight excluding hydrogens is 855 g/mol. The third-order valence-corrected chi connectivity index (χ3v) is 15.9. The van der Waals surface area contributed by atoms with Crippen LogP contribution in [0.3, 0.4) is 0 Å². The molecule has 0 spiro atoms. The Morgan fingerprint density at radius 1 is 0.254 bits per heavy atom. The summed E-state index contributed by atoms with van der Waals surface area (Å²) in [7, 11) is 0. The number of hydrogen-bond acceptors (Lipinski definition) is 1. The first kappa shape index (κ1) is 41.2. The highest BCUT2D eigenvalue weighted by atomic mass is 15.1. The zero-order valence-corrected chi connectivity index (χ0v) is 39.8. The largest absolute Gasteiger partial charge is 0.310 e. The Hall–Kier alpha value is -8.78. The normalized spacial score (nSPS) is 13.7. The lowest BCUT2D eigenvalue weighted by Gasteiger charge is -2.35. The minimum atomic E-state index is -0.517. The predicted molar refractivity (Wildman–Crippen MR) is 299 cm³/mol. The van der Waals surface area contributed by atoms with Crippen LogP contribution in [0, 0.1) is 0 Å². The Balaban J connectivity index is 0.922. The van der Waals surface area contributed by atoms with Gasteiger partial charge in [0, 0.05) is 22.5 Å². The van der Waals surface area contributed by atoms with Crippen molar-refractivity contribution in [2.45, 2.75) is 24.7 Å². The van der Waals surface area contributed by atoms with Crippen LogP contribution in [0.2, 0.25) is 0 Å². The van der Waals surface area contributed by atoms with E-state index in [9.17, 15) is 0 Å². The molecule has 0 N–H and O–H groups in total. The minimum Gasteiger partial charge on any atom is -0.310 e. The van der Waals surface area contributed by atoms with Crippen molar-refractivity contribution in [3.63, 3.8) is 0 Å². The molecule has 0 unspecified atom stereocenters. The Labute approximate surface area is 415 Å². The van der Waals surface area contributed by atoms with Crippen molar-refractivity contribution in [2.24, 2.45) is 0 Å². The molecule has 12 aromatic rings. The molecule has 71 heavy (non-hydrogen) atoms. The highest BCUT2D eigenvalue weighted by molar-refractivity contribution is 6.25. The van der Waals surface area contributed by atoms with Gasteiger partial charge in [-0.05, 0) is 159 Å². The van der Waals surface area contributed by atoms with Gasteiger partial charge in [-0.2, -0.15) is 0 Å². The second-order valence-corrected chi connectivity index (χ2v) is 20.0. The Morgan fingerprint density at radius 2 is 0.648 bits per heavy atom. The number of benzene rings is 12. The van der Waals surface area contributed by atoms with E-state index in [4.69, 9.17) is 0 Å². The van der Waals surface area contributed by atoms with Gasteiger partial charge < -0.3 is 4.90 Å². The van der Waals surface area contributed by atoms with Gasteiger partial charge in [0.15, 0.2) is 0 Å². The maximum absolute atomic E-state index is 2.47. The fourth-order valence-electron chi connectivity index (χ4n) is 12.6. The summed E-state index contributed by atoms with van der Waals surface area (Å²) in [5.41, 5.74) is 20.6. The SMILES string of the molecule is CC1(C)c2ccccc2-c2ccc(-c3ccc(N(c4ccc(-c5ccc6c7ccccc7c7ccccc7c6c5)cc4)c4ccc5c(c4)C(c4ccccc4)(c4ccccc4)c4ccccc4-5)cc3)cc21. The van der Waals surface area contributed by atoms with Crippen LogP contribution in [0.5, 0.6) is 0 Å². The average Bonchev–Trinajstić information content (AvgIpc) is 3.86. The predicted octanol–water partition coefficient (Wildman–Crippen LogP) is 18.6. The first-order valence-corrected chi connectivity index (χ1v) is 24.9. The molecule has 2 aliphatic carbocycles. The van der Waals surface area contributed by atoms with Gasteiger partial charge in [0.2, 0.25) is 0 Å². The minimum absolute atomic E-state index is 0.0677. The lowest BCUT2D eigenvalue weighted by atomic mass is 9.67. The number of nitrogens with zero attached hydrogens (tertiary/aromatic N) is 1. The van der Waals surface area contributed by atoms with E-state index in [0.29, 0.717) is 0 Å². The maximum atomic E-state index is 2.47. The van der Waals surface area contributed by atoms with Crippen molar-refractivity contribution >= 4 is 49.4 Å². The molecule has 0 fully saturated rings. The fraction of sp³-hybridized carbons (Fsp3) is 0.0571. The first-order valence-electron chi connectivity index (χ1n) is 24.9. The van der Waals surface area contributed by atoms with Gasteiger partial charge in [-0.15, -0.1) is 0 Å². The van der Waals surface area contributed by atoms with Gasteiger partial charge in [0.25, 0.3) is 0 Å². The molecule has 0 bridgehead atoms. The van der Waals surface area contributed by atoms with Crippen LogP contribution in [0.15, 0.2) is 261 Å². The zero-order valence-electron chi connectivity index (χ0n) is 39.8. The number of hydrogen-bond donors (Lipinski definition) is 0. The van der Waals surface area contributed by atoms with E-state index in [-0.39, 0.29) is 5.41 Å². The molecule has 0 saturated heterocycles. The topological polar surface area (TPSA) is 3.24 Å². The second-order valence-electron chi connectivity index (χ2n) is 20.0. The molecule has 0 atom stereocenters. The van der Waals surface area contributed by atoms with E-state index >= 15 is 0 Å². The van der Waals surface area contributed by atoms with Crippen molar-refractivity contribution in [2.75, 3.05) is 4.90 Å². The van der Waals surface area contributed by atoms with E-state index in [1.54, 1.807) is 0 Å². The van der Waals surface area contributed by atoms with Crippen molar-refractivity contribution in [1.82, 2.24) is 0 Å². The summed E-state index contributed by atoms with van der Waals surface area (Å²) in [4.78, 5) is 2.44. The molecule has 0 radical (unpaired) electrons. The quantitative estimate of drug-likeness (QED) is 0.144. The summed E-state index contributed by atoms with van der Waals surface area (Å²) in [5.74, 6) is 0. The summed E-state index contributed by atoms with van der Waals surface area (Å²) >= 11 is 0. The number of fused-ring (bicyclic) bond motifs is 12. The van der Waals surface area contributed by atoms with E-state index in [0.717, 1.165) is 17.1 Å². The Bertz CT molecular complexity index is 3980. The third kappa shape index (κ3) is 6.19. The number of anilines is 3. The Morgan fingerprint density at radius 3 is 1.24 bits per heavy atom. The lowest BCUT2D eigenvalue weighted by molar-refractivity contribution is 0.660. The van der Waals surface area contributed by atoms with E-state index in [2.05, 4.69) is 280 Å². The van der Waals surface area contributed by atoms with E-state index < -0.39 is 5.41 Å². The van der Waals surface area contributed by atoms with Gasteiger partial charge in [-0.3, -0.25) is 0 Å². The molecule has 1 heteroatoms.